The Balaban J connectivity index is 1.76. The largest absolute Gasteiger partial charge is 0.493 e. The third kappa shape index (κ3) is 6.18. The Labute approximate surface area is 147 Å². The van der Waals surface area contributed by atoms with Crippen molar-refractivity contribution >= 4 is 23.3 Å². The fourth-order valence-electron chi connectivity index (χ4n) is 2.23. The first-order valence-electron chi connectivity index (χ1n) is 8.15. The van der Waals surface area contributed by atoms with E-state index in [4.69, 9.17) is 4.74 Å². The van der Waals surface area contributed by atoms with Crippen molar-refractivity contribution in [3.8, 4) is 5.75 Å². The minimum absolute atomic E-state index is 0.0922. The monoisotopic (exact) mass is 341 g/mol. The standard InChI is InChI=1S/C19H23N3O3/c1-14-7-3-4-10-17(14)25-12-6-11-18(23)21-15-8-5-9-16(13-15)22-19(24)20-2/h3-5,7-10,13H,6,11-12H2,1-2H3,(H,21,23)(H2,20,22,24). The number of hydrogen-bond donors (Lipinski definition) is 3. The van der Waals surface area contributed by atoms with Crippen molar-refractivity contribution in [2.45, 2.75) is 19.8 Å². The molecule has 6 nitrogen and oxygen atoms in total. The molecule has 0 aliphatic heterocycles. The molecule has 0 bridgehead atoms. The van der Waals surface area contributed by atoms with Crippen molar-refractivity contribution in [2.75, 3.05) is 24.3 Å². The molecule has 2 aromatic rings. The van der Waals surface area contributed by atoms with Gasteiger partial charge in [-0.25, -0.2) is 4.79 Å². The van der Waals surface area contributed by atoms with Crippen LogP contribution in [0, 0.1) is 6.92 Å². The van der Waals surface area contributed by atoms with Crippen LogP contribution < -0.4 is 20.7 Å². The van der Waals surface area contributed by atoms with Gasteiger partial charge in [-0.1, -0.05) is 24.3 Å². The van der Waals surface area contributed by atoms with Gasteiger partial charge in [-0.05, 0) is 43.2 Å². The molecule has 0 fully saturated rings. The second kappa shape index (κ2) is 9.32. The highest BCUT2D eigenvalue weighted by molar-refractivity contribution is 5.93. The van der Waals surface area contributed by atoms with Crippen LogP contribution in [0.5, 0.6) is 5.75 Å². The molecule has 6 heteroatoms. The van der Waals surface area contributed by atoms with Crippen LogP contribution >= 0.6 is 0 Å². The maximum absolute atomic E-state index is 12.0. The minimum atomic E-state index is -0.308. The van der Waals surface area contributed by atoms with Gasteiger partial charge in [-0.3, -0.25) is 4.79 Å². The van der Waals surface area contributed by atoms with E-state index < -0.39 is 0 Å². The highest BCUT2D eigenvalue weighted by Crippen LogP contribution is 2.17. The molecule has 3 amide bonds. The number of urea groups is 1. The third-order valence-corrected chi connectivity index (χ3v) is 3.53. The number of rotatable bonds is 7. The van der Waals surface area contributed by atoms with E-state index in [0.29, 0.717) is 30.8 Å². The smallest absolute Gasteiger partial charge is 0.318 e. The zero-order valence-corrected chi connectivity index (χ0v) is 14.5. The Morgan fingerprint density at radius 3 is 2.44 bits per heavy atom. The molecule has 3 N–H and O–H groups in total. The third-order valence-electron chi connectivity index (χ3n) is 3.53. The molecule has 132 valence electrons. The number of amides is 3. The lowest BCUT2D eigenvalue weighted by molar-refractivity contribution is -0.116. The van der Waals surface area contributed by atoms with Gasteiger partial charge >= 0.3 is 6.03 Å². The first-order valence-corrected chi connectivity index (χ1v) is 8.15. The lowest BCUT2D eigenvalue weighted by Crippen LogP contribution is -2.24. The van der Waals surface area contributed by atoms with Gasteiger partial charge in [-0.2, -0.15) is 0 Å². The number of hydrogen-bond acceptors (Lipinski definition) is 3. The topological polar surface area (TPSA) is 79.5 Å². The SMILES string of the molecule is CNC(=O)Nc1cccc(NC(=O)CCCOc2ccccc2C)c1. The number of nitrogens with one attached hydrogen (secondary N) is 3. The first-order chi connectivity index (χ1) is 12.1. The van der Waals surface area contributed by atoms with Gasteiger partial charge in [0.15, 0.2) is 0 Å². The maximum Gasteiger partial charge on any atom is 0.318 e. The number of para-hydroxylation sites is 1. The quantitative estimate of drug-likeness (QED) is 0.674. The summed E-state index contributed by atoms with van der Waals surface area (Å²) in [5.41, 5.74) is 2.33. The Bertz CT molecular complexity index is 731. The molecule has 25 heavy (non-hydrogen) atoms. The summed E-state index contributed by atoms with van der Waals surface area (Å²) in [5, 5.41) is 7.95. The Kier molecular flexibility index (Phi) is 6.83. The fraction of sp³-hybridized carbons (Fsp3) is 0.263. The van der Waals surface area contributed by atoms with Crippen LogP contribution in [-0.4, -0.2) is 25.6 Å². The van der Waals surface area contributed by atoms with E-state index in [2.05, 4.69) is 16.0 Å². The molecule has 0 saturated carbocycles. The van der Waals surface area contributed by atoms with E-state index >= 15 is 0 Å². The molecule has 0 aliphatic rings. The lowest BCUT2D eigenvalue weighted by Gasteiger charge is -2.10. The summed E-state index contributed by atoms with van der Waals surface area (Å²) in [4.78, 5) is 23.3. The van der Waals surface area contributed by atoms with Crippen LogP contribution in [0.2, 0.25) is 0 Å². The van der Waals surface area contributed by atoms with Crippen molar-refractivity contribution in [3.05, 3.63) is 54.1 Å². The van der Waals surface area contributed by atoms with E-state index in [0.717, 1.165) is 11.3 Å². The van der Waals surface area contributed by atoms with Crippen LogP contribution in [0.25, 0.3) is 0 Å². The van der Waals surface area contributed by atoms with Gasteiger partial charge in [0.1, 0.15) is 5.75 Å². The molecular formula is C19H23N3O3. The zero-order valence-electron chi connectivity index (χ0n) is 14.5. The summed E-state index contributed by atoms with van der Waals surface area (Å²) in [6.45, 7) is 2.47. The molecule has 0 aromatic heterocycles. The van der Waals surface area contributed by atoms with Crippen molar-refractivity contribution in [1.82, 2.24) is 5.32 Å². The predicted octanol–water partition coefficient (Wildman–Crippen LogP) is 3.54. The summed E-state index contributed by atoms with van der Waals surface area (Å²) in [7, 11) is 1.54. The summed E-state index contributed by atoms with van der Waals surface area (Å²) in [5.74, 6) is 0.751. The molecule has 0 spiro atoms. The number of carbonyl (C=O) groups excluding carboxylic acids is 2. The van der Waals surface area contributed by atoms with Crippen LogP contribution in [0.3, 0.4) is 0 Å². The van der Waals surface area contributed by atoms with E-state index in [1.807, 2.05) is 31.2 Å². The van der Waals surface area contributed by atoms with Crippen molar-refractivity contribution in [2.24, 2.45) is 0 Å². The van der Waals surface area contributed by atoms with Gasteiger partial charge in [-0.15, -0.1) is 0 Å². The summed E-state index contributed by atoms with van der Waals surface area (Å²) >= 11 is 0. The molecule has 0 heterocycles. The van der Waals surface area contributed by atoms with Gasteiger partial charge in [0.05, 0.1) is 6.61 Å². The molecular weight excluding hydrogens is 318 g/mol. The second-order valence-electron chi connectivity index (χ2n) is 5.55. The molecule has 0 saturated heterocycles. The van der Waals surface area contributed by atoms with Crippen LogP contribution in [0.1, 0.15) is 18.4 Å². The van der Waals surface area contributed by atoms with Crippen LogP contribution in [0.15, 0.2) is 48.5 Å². The number of anilines is 2. The van der Waals surface area contributed by atoms with Gasteiger partial charge in [0.2, 0.25) is 5.91 Å². The Morgan fingerprint density at radius 2 is 1.72 bits per heavy atom. The number of carbonyl (C=O) groups is 2. The maximum atomic E-state index is 12.0. The number of aryl methyl sites for hydroxylation is 1. The predicted molar refractivity (Wildman–Crippen MR) is 99.1 cm³/mol. The molecule has 2 rings (SSSR count). The Hall–Kier alpha value is -3.02. The summed E-state index contributed by atoms with van der Waals surface area (Å²) in [6.07, 6.45) is 0.981. The highest BCUT2D eigenvalue weighted by atomic mass is 16.5. The summed E-state index contributed by atoms with van der Waals surface area (Å²) < 4.78 is 5.68. The molecule has 0 aliphatic carbocycles. The second-order valence-corrected chi connectivity index (χ2v) is 5.55. The van der Waals surface area contributed by atoms with Crippen LogP contribution in [0.4, 0.5) is 16.2 Å². The fourth-order valence-corrected chi connectivity index (χ4v) is 2.23. The van der Waals surface area contributed by atoms with Gasteiger partial charge in [0.25, 0.3) is 0 Å². The molecule has 2 aromatic carbocycles. The lowest BCUT2D eigenvalue weighted by atomic mass is 10.2. The van der Waals surface area contributed by atoms with Gasteiger partial charge in [0, 0.05) is 24.8 Å². The number of benzene rings is 2. The minimum Gasteiger partial charge on any atom is -0.493 e. The molecule has 0 radical (unpaired) electrons. The normalized spacial score (nSPS) is 10.0. The molecule has 0 unspecified atom stereocenters. The zero-order chi connectivity index (χ0) is 18.1. The van der Waals surface area contributed by atoms with Crippen molar-refractivity contribution in [3.63, 3.8) is 0 Å². The van der Waals surface area contributed by atoms with Crippen LogP contribution in [-0.2, 0) is 4.79 Å². The molecule has 0 atom stereocenters. The van der Waals surface area contributed by atoms with E-state index in [9.17, 15) is 9.59 Å². The average molecular weight is 341 g/mol. The van der Waals surface area contributed by atoms with E-state index in [1.165, 1.54) is 0 Å². The van der Waals surface area contributed by atoms with Crippen molar-refractivity contribution in [1.29, 1.82) is 0 Å². The number of ether oxygens (including phenoxy) is 1. The first kappa shape index (κ1) is 18.3. The van der Waals surface area contributed by atoms with E-state index in [1.54, 1.807) is 31.3 Å². The summed E-state index contributed by atoms with van der Waals surface area (Å²) in [6, 6.07) is 14.5. The van der Waals surface area contributed by atoms with Crippen molar-refractivity contribution < 1.29 is 14.3 Å². The van der Waals surface area contributed by atoms with E-state index in [-0.39, 0.29) is 11.9 Å². The Morgan fingerprint density at radius 1 is 1.00 bits per heavy atom. The highest BCUT2D eigenvalue weighted by Gasteiger charge is 2.05. The van der Waals surface area contributed by atoms with Gasteiger partial charge < -0.3 is 20.7 Å². The average Bonchev–Trinajstić information content (AvgIpc) is 2.60.